The number of amides is 2. The Hall–Kier alpha value is -3.33. The van der Waals surface area contributed by atoms with Crippen molar-refractivity contribution in [3.05, 3.63) is 57.1 Å². The smallest absolute Gasteiger partial charge is 0.313 e. The summed E-state index contributed by atoms with van der Waals surface area (Å²) in [5.74, 6) is 0.374. The average Bonchev–Trinajstić information content (AvgIpc) is 2.79. The number of hydrogen-bond donors (Lipinski definition) is 0. The standard InChI is InChI=1S/C21H22ClN3O6/c1-3-20(26)23-8-10-24(11-9-23)21(27)14-4-6-18(19(12-14)30-2)31-17-7-5-15(22)13-16(17)25(28)29/h4-7,12-13H,3,8-11H2,1-2H3. The summed E-state index contributed by atoms with van der Waals surface area (Å²) in [4.78, 5) is 38.8. The molecule has 0 unspecified atom stereocenters. The first-order chi connectivity index (χ1) is 14.8. The number of carbonyl (C=O) groups excluding carboxylic acids is 2. The topological polar surface area (TPSA) is 102 Å². The Morgan fingerprint density at radius 2 is 1.68 bits per heavy atom. The van der Waals surface area contributed by atoms with Crippen molar-refractivity contribution in [1.82, 2.24) is 9.80 Å². The molecule has 9 nitrogen and oxygen atoms in total. The number of nitro groups is 1. The molecule has 0 atom stereocenters. The number of ether oxygens (including phenoxy) is 2. The molecule has 1 heterocycles. The van der Waals surface area contributed by atoms with E-state index in [1.807, 2.05) is 6.92 Å². The van der Waals surface area contributed by atoms with Gasteiger partial charge in [-0.3, -0.25) is 19.7 Å². The first-order valence-corrected chi connectivity index (χ1v) is 10.1. The Balaban J connectivity index is 1.77. The molecule has 10 heteroatoms. The maximum absolute atomic E-state index is 12.9. The second kappa shape index (κ2) is 9.65. The number of carbonyl (C=O) groups is 2. The number of benzene rings is 2. The van der Waals surface area contributed by atoms with Gasteiger partial charge in [0.25, 0.3) is 5.91 Å². The summed E-state index contributed by atoms with van der Waals surface area (Å²) in [5, 5.41) is 11.5. The van der Waals surface area contributed by atoms with Crippen LogP contribution in [0.15, 0.2) is 36.4 Å². The van der Waals surface area contributed by atoms with Gasteiger partial charge in [-0.1, -0.05) is 18.5 Å². The molecule has 2 aromatic rings. The summed E-state index contributed by atoms with van der Waals surface area (Å²) < 4.78 is 11.0. The molecule has 1 saturated heterocycles. The van der Waals surface area contributed by atoms with Gasteiger partial charge in [0.1, 0.15) is 0 Å². The molecule has 0 N–H and O–H groups in total. The van der Waals surface area contributed by atoms with Gasteiger partial charge in [0, 0.05) is 49.3 Å². The highest BCUT2D eigenvalue weighted by Gasteiger charge is 2.25. The van der Waals surface area contributed by atoms with E-state index < -0.39 is 4.92 Å². The van der Waals surface area contributed by atoms with Gasteiger partial charge >= 0.3 is 5.69 Å². The fourth-order valence-corrected chi connectivity index (χ4v) is 3.45. The fraction of sp³-hybridized carbons (Fsp3) is 0.333. The van der Waals surface area contributed by atoms with E-state index >= 15 is 0 Å². The van der Waals surface area contributed by atoms with Gasteiger partial charge in [-0.05, 0) is 30.3 Å². The maximum atomic E-state index is 12.9. The van der Waals surface area contributed by atoms with E-state index in [0.717, 1.165) is 0 Å². The summed E-state index contributed by atoms with van der Waals surface area (Å²) in [5.41, 5.74) is 0.110. The molecule has 2 aromatic carbocycles. The Labute approximate surface area is 184 Å². The van der Waals surface area contributed by atoms with E-state index in [4.69, 9.17) is 21.1 Å². The lowest BCUT2D eigenvalue weighted by molar-refractivity contribution is -0.385. The van der Waals surface area contributed by atoms with Gasteiger partial charge < -0.3 is 19.3 Å². The van der Waals surface area contributed by atoms with Crippen LogP contribution in [0.4, 0.5) is 5.69 Å². The Morgan fingerprint density at radius 1 is 1.03 bits per heavy atom. The minimum absolute atomic E-state index is 0.00323. The van der Waals surface area contributed by atoms with Gasteiger partial charge in [0.05, 0.1) is 12.0 Å². The maximum Gasteiger partial charge on any atom is 0.313 e. The Kier molecular flexibility index (Phi) is 6.96. The van der Waals surface area contributed by atoms with Crippen LogP contribution in [-0.4, -0.2) is 59.8 Å². The van der Waals surface area contributed by atoms with Gasteiger partial charge in [0.2, 0.25) is 11.7 Å². The molecule has 0 bridgehead atoms. The van der Waals surface area contributed by atoms with Crippen LogP contribution in [-0.2, 0) is 4.79 Å². The molecule has 1 aliphatic rings. The summed E-state index contributed by atoms with van der Waals surface area (Å²) in [6.07, 6.45) is 0.443. The zero-order valence-electron chi connectivity index (χ0n) is 17.2. The number of hydrogen-bond acceptors (Lipinski definition) is 6. The molecule has 1 aliphatic heterocycles. The highest BCUT2D eigenvalue weighted by atomic mass is 35.5. The molecule has 0 spiro atoms. The van der Waals surface area contributed by atoms with Crippen LogP contribution in [0.1, 0.15) is 23.7 Å². The minimum Gasteiger partial charge on any atom is -0.493 e. The van der Waals surface area contributed by atoms with E-state index in [9.17, 15) is 19.7 Å². The van der Waals surface area contributed by atoms with Crippen molar-refractivity contribution < 1.29 is 24.0 Å². The number of nitrogens with zero attached hydrogens (tertiary/aromatic N) is 3. The molecule has 0 aliphatic carbocycles. The lowest BCUT2D eigenvalue weighted by Crippen LogP contribution is -2.50. The normalized spacial score (nSPS) is 13.6. The summed E-state index contributed by atoms with van der Waals surface area (Å²) in [7, 11) is 1.42. The van der Waals surface area contributed by atoms with Crippen molar-refractivity contribution in [2.75, 3.05) is 33.3 Å². The van der Waals surface area contributed by atoms with E-state index in [1.165, 1.54) is 37.4 Å². The Morgan fingerprint density at radius 3 is 2.29 bits per heavy atom. The molecule has 0 radical (unpaired) electrons. The predicted molar refractivity (Wildman–Crippen MR) is 114 cm³/mol. The first kappa shape index (κ1) is 22.4. The molecular formula is C21H22ClN3O6. The van der Waals surface area contributed by atoms with Gasteiger partial charge in [-0.2, -0.15) is 0 Å². The van der Waals surface area contributed by atoms with Crippen LogP contribution in [0, 0.1) is 10.1 Å². The first-order valence-electron chi connectivity index (χ1n) is 9.71. The van der Waals surface area contributed by atoms with Crippen LogP contribution in [0.25, 0.3) is 0 Å². The van der Waals surface area contributed by atoms with Crippen LogP contribution >= 0.6 is 11.6 Å². The van der Waals surface area contributed by atoms with E-state index in [0.29, 0.717) is 38.2 Å². The van der Waals surface area contributed by atoms with Crippen molar-refractivity contribution >= 4 is 29.1 Å². The third-order valence-corrected chi connectivity index (χ3v) is 5.21. The molecule has 0 saturated carbocycles. The van der Waals surface area contributed by atoms with Crippen molar-refractivity contribution in [2.24, 2.45) is 0 Å². The molecule has 31 heavy (non-hydrogen) atoms. The second-order valence-electron chi connectivity index (χ2n) is 6.86. The van der Waals surface area contributed by atoms with E-state index in [2.05, 4.69) is 0 Å². The number of piperazine rings is 1. The number of methoxy groups -OCH3 is 1. The van der Waals surface area contributed by atoms with Crippen molar-refractivity contribution in [3.8, 4) is 17.2 Å². The number of nitro benzene ring substituents is 1. The van der Waals surface area contributed by atoms with Gasteiger partial charge in [-0.15, -0.1) is 0 Å². The quantitative estimate of drug-likeness (QED) is 0.493. The third kappa shape index (κ3) is 5.05. The molecule has 0 aromatic heterocycles. The van der Waals surface area contributed by atoms with Crippen LogP contribution in [0.3, 0.4) is 0 Å². The fourth-order valence-electron chi connectivity index (χ4n) is 3.29. The molecule has 2 amide bonds. The zero-order chi connectivity index (χ0) is 22.5. The molecule has 164 valence electrons. The average molecular weight is 448 g/mol. The van der Waals surface area contributed by atoms with Gasteiger partial charge in [-0.25, -0.2) is 0 Å². The summed E-state index contributed by atoms with van der Waals surface area (Å²) in [6.45, 7) is 3.70. The number of rotatable bonds is 6. The van der Waals surface area contributed by atoms with E-state index in [1.54, 1.807) is 15.9 Å². The highest BCUT2D eigenvalue weighted by Crippen LogP contribution is 2.38. The summed E-state index contributed by atoms with van der Waals surface area (Å²) >= 11 is 5.84. The number of halogens is 1. The highest BCUT2D eigenvalue weighted by molar-refractivity contribution is 6.30. The van der Waals surface area contributed by atoms with Crippen molar-refractivity contribution in [3.63, 3.8) is 0 Å². The van der Waals surface area contributed by atoms with Crippen LogP contribution in [0.2, 0.25) is 5.02 Å². The van der Waals surface area contributed by atoms with Crippen LogP contribution in [0.5, 0.6) is 17.2 Å². The SMILES string of the molecule is CCC(=O)N1CCN(C(=O)c2ccc(Oc3ccc(Cl)cc3[N+](=O)[O-])c(OC)c2)CC1. The molecule has 1 fully saturated rings. The van der Waals surface area contributed by atoms with E-state index in [-0.39, 0.29) is 39.8 Å². The zero-order valence-corrected chi connectivity index (χ0v) is 17.9. The van der Waals surface area contributed by atoms with Crippen molar-refractivity contribution in [2.45, 2.75) is 13.3 Å². The second-order valence-corrected chi connectivity index (χ2v) is 7.30. The molecule has 3 rings (SSSR count). The minimum atomic E-state index is -0.589. The van der Waals surface area contributed by atoms with Gasteiger partial charge in [0.15, 0.2) is 11.5 Å². The summed E-state index contributed by atoms with van der Waals surface area (Å²) in [6, 6.07) is 8.72. The largest absolute Gasteiger partial charge is 0.493 e. The Bertz CT molecular complexity index is 1000. The lowest BCUT2D eigenvalue weighted by Gasteiger charge is -2.34. The third-order valence-electron chi connectivity index (χ3n) is 4.97. The monoisotopic (exact) mass is 447 g/mol. The molecular weight excluding hydrogens is 426 g/mol. The predicted octanol–water partition coefficient (Wildman–Crippen LogP) is 3.74. The van der Waals surface area contributed by atoms with Crippen molar-refractivity contribution in [1.29, 1.82) is 0 Å². The lowest BCUT2D eigenvalue weighted by atomic mass is 10.1. The van der Waals surface area contributed by atoms with Crippen LogP contribution < -0.4 is 9.47 Å².